The van der Waals surface area contributed by atoms with Crippen molar-refractivity contribution in [3.05, 3.63) is 40.3 Å². The summed E-state index contributed by atoms with van der Waals surface area (Å²) in [4.78, 5) is 29.3. The molecular weight excluding hydrogens is 534 g/mol. The van der Waals surface area contributed by atoms with Crippen LogP contribution in [0.4, 0.5) is 0 Å². The summed E-state index contributed by atoms with van der Waals surface area (Å²) in [7, 11) is 8.91. The van der Waals surface area contributed by atoms with Gasteiger partial charge in [-0.2, -0.15) is 5.10 Å². The van der Waals surface area contributed by atoms with Crippen molar-refractivity contribution in [1.82, 2.24) is 14.7 Å². The summed E-state index contributed by atoms with van der Waals surface area (Å²) in [6.45, 7) is 2.24. The van der Waals surface area contributed by atoms with Gasteiger partial charge in [-0.3, -0.25) is 9.69 Å². The molecule has 2 aromatic carbocycles. The molecule has 222 valence electrons. The summed E-state index contributed by atoms with van der Waals surface area (Å²) in [6.07, 6.45) is 4.14. The van der Waals surface area contributed by atoms with Crippen LogP contribution in [0.25, 0.3) is 10.8 Å². The summed E-state index contributed by atoms with van der Waals surface area (Å²) in [5, 5.41) is 5.21. The molecule has 0 spiro atoms. The van der Waals surface area contributed by atoms with Crippen LogP contribution in [0, 0.1) is 0 Å². The van der Waals surface area contributed by atoms with E-state index in [0.29, 0.717) is 51.8 Å². The van der Waals surface area contributed by atoms with Gasteiger partial charge in [-0.25, -0.2) is 9.48 Å². The Labute approximate surface area is 238 Å². The van der Waals surface area contributed by atoms with Crippen LogP contribution in [0.1, 0.15) is 29.6 Å². The number of hydrogen-bond acceptors (Lipinski definition) is 11. The molecule has 0 amide bonds. The normalized spacial score (nSPS) is 14.3. The summed E-state index contributed by atoms with van der Waals surface area (Å²) < 4.78 is 39.9. The lowest BCUT2D eigenvalue weighted by Gasteiger charge is -2.30. The fourth-order valence-electron chi connectivity index (χ4n) is 5.11. The minimum atomic E-state index is -0.676. The first-order valence-electron chi connectivity index (χ1n) is 13.3. The molecule has 12 nitrogen and oxygen atoms in total. The van der Waals surface area contributed by atoms with E-state index in [4.69, 9.17) is 33.2 Å². The minimum Gasteiger partial charge on any atom is -0.493 e. The summed E-state index contributed by atoms with van der Waals surface area (Å²) in [6, 6.07) is 4.67. The topological polar surface area (TPSA) is 120 Å². The van der Waals surface area contributed by atoms with E-state index in [1.807, 2.05) is 0 Å². The second kappa shape index (κ2) is 13.4. The maximum absolute atomic E-state index is 13.6. The van der Waals surface area contributed by atoms with Gasteiger partial charge in [0.15, 0.2) is 23.0 Å². The quantitative estimate of drug-likeness (QED) is 0.298. The maximum Gasteiger partial charge on any atom is 0.338 e. The number of ether oxygens (including phenoxy) is 7. The average molecular weight is 572 g/mol. The number of fused-ring (bicyclic) bond motifs is 1. The minimum absolute atomic E-state index is 0.0398. The SMILES string of the molecule is COc1cc(C(=O)OC(CN2CCCCC2)Cn2ncc3c(OC)c(OC)c(OC)cc3c2=O)cc(OC)c1OC. The highest BCUT2D eigenvalue weighted by atomic mass is 16.6. The molecular formula is C29H37N3O9. The number of esters is 1. The largest absolute Gasteiger partial charge is 0.493 e. The summed E-state index contributed by atoms with van der Waals surface area (Å²) in [5.41, 5.74) is -0.155. The van der Waals surface area contributed by atoms with Crippen molar-refractivity contribution < 1.29 is 38.0 Å². The molecule has 41 heavy (non-hydrogen) atoms. The number of nitrogens with zero attached hydrogens (tertiary/aromatic N) is 3. The zero-order chi connectivity index (χ0) is 29.5. The number of hydrogen-bond donors (Lipinski definition) is 0. The van der Waals surface area contributed by atoms with Gasteiger partial charge in [-0.05, 0) is 44.1 Å². The van der Waals surface area contributed by atoms with Gasteiger partial charge in [0.2, 0.25) is 11.5 Å². The zero-order valence-corrected chi connectivity index (χ0v) is 24.4. The van der Waals surface area contributed by atoms with Crippen molar-refractivity contribution in [2.45, 2.75) is 31.9 Å². The molecule has 2 heterocycles. The number of carbonyl (C=O) groups excluding carboxylic acids is 1. The lowest BCUT2D eigenvalue weighted by Crippen LogP contribution is -2.42. The molecule has 0 saturated carbocycles. The van der Waals surface area contributed by atoms with Crippen molar-refractivity contribution in [3.63, 3.8) is 0 Å². The molecule has 1 aliphatic heterocycles. The van der Waals surface area contributed by atoms with Crippen LogP contribution in [-0.4, -0.2) is 89.0 Å². The van der Waals surface area contributed by atoms with Crippen molar-refractivity contribution in [2.75, 3.05) is 62.3 Å². The molecule has 4 rings (SSSR count). The van der Waals surface area contributed by atoms with Gasteiger partial charge in [0.1, 0.15) is 6.10 Å². The molecule has 1 aliphatic rings. The van der Waals surface area contributed by atoms with Gasteiger partial charge >= 0.3 is 5.97 Å². The number of methoxy groups -OCH3 is 6. The fraction of sp³-hybridized carbons (Fsp3) is 0.483. The molecule has 0 N–H and O–H groups in total. The molecule has 1 saturated heterocycles. The van der Waals surface area contributed by atoms with Gasteiger partial charge in [0, 0.05) is 6.54 Å². The van der Waals surface area contributed by atoms with Crippen molar-refractivity contribution in [1.29, 1.82) is 0 Å². The highest BCUT2D eigenvalue weighted by molar-refractivity contribution is 5.92. The maximum atomic E-state index is 13.6. The third-order valence-corrected chi connectivity index (χ3v) is 7.12. The van der Waals surface area contributed by atoms with Gasteiger partial charge in [0.25, 0.3) is 5.56 Å². The molecule has 0 aliphatic carbocycles. The van der Waals surface area contributed by atoms with E-state index in [1.54, 1.807) is 6.07 Å². The first-order valence-corrected chi connectivity index (χ1v) is 13.3. The predicted molar refractivity (Wildman–Crippen MR) is 151 cm³/mol. The number of rotatable bonds is 12. The summed E-state index contributed by atoms with van der Waals surface area (Å²) >= 11 is 0. The molecule has 1 aromatic heterocycles. The Hall–Kier alpha value is -4.19. The molecule has 12 heteroatoms. The van der Waals surface area contributed by atoms with Gasteiger partial charge in [-0.15, -0.1) is 0 Å². The van der Waals surface area contributed by atoms with Crippen LogP contribution in [-0.2, 0) is 11.3 Å². The Bertz CT molecular complexity index is 1410. The van der Waals surface area contributed by atoms with Crippen LogP contribution in [0.2, 0.25) is 0 Å². The van der Waals surface area contributed by atoms with Gasteiger partial charge in [0.05, 0.1) is 71.7 Å². The van der Waals surface area contributed by atoms with Gasteiger partial charge < -0.3 is 33.2 Å². The molecule has 1 atom stereocenters. The number of aromatic nitrogens is 2. The lowest BCUT2D eigenvalue weighted by molar-refractivity contribution is 0.0121. The Balaban J connectivity index is 1.69. The van der Waals surface area contributed by atoms with E-state index in [-0.39, 0.29) is 17.7 Å². The second-order valence-corrected chi connectivity index (χ2v) is 9.54. The van der Waals surface area contributed by atoms with E-state index in [0.717, 1.165) is 32.4 Å². The van der Waals surface area contributed by atoms with E-state index in [9.17, 15) is 9.59 Å². The Morgan fingerprint density at radius 3 is 1.90 bits per heavy atom. The fourth-order valence-corrected chi connectivity index (χ4v) is 5.11. The second-order valence-electron chi connectivity index (χ2n) is 9.54. The Kier molecular flexibility index (Phi) is 9.77. The van der Waals surface area contributed by atoms with E-state index in [2.05, 4.69) is 10.00 Å². The smallest absolute Gasteiger partial charge is 0.338 e. The van der Waals surface area contributed by atoms with Crippen LogP contribution < -0.4 is 34.0 Å². The third kappa shape index (κ3) is 6.27. The first kappa shape index (κ1) is 29.8. The van der Waals surface area contributed by atoms with Crippen LogP contribution in [0.3, 0.4) is 0 Å². The molecule has 0 radical (unpaired) electrons. The van der Waals surface area contributed by atoms with Gasteiger partial charge in [-0.1, -0.05) is 6.42 Å². The lowest BCUT2D eigenvalue weighted by atomic mass is 10.1. The summed E-state index contributed by atoms with van der Waals surface area (Å²) in [5.74, 6) is 1.50. The predicted octanol–water partition coefficient (Wildman–Crippen LogP) is 3.16. The van der Waals surface area contributed by atoms with Crippen LogP contribution in [0.15, 0.2) is 29.2 Å². The molecule has 3 aromatic rings. The Morgan fingerprint density at radius 1 is 0.756 bits per heavy atom. The van der Waals surface area contributed by atoms with Crippen molar-refractivity contribution in [2.24, 2.45) is 0 Å². The van der Waals surface area contributed by atoms with Crippen LogP contribution in [0.5, 0.6) is 34.5 Å². The average Bonchev–Trinajstić information content (AvgIpc) is 3.00. The molecule has 1 fully saturated rings. The number of carbonyl (C=O) groups is 1. The van der Waals surface area contributed by atoms with E-state index >= 15 is 0 Å². The molecule has 0 bridgehead atoms. The third-order valence-electron chi connectivity index (χ3n) is 7.12. The van der Waals surface area contributed by atoms with Crippen molar-refractivity contribution in [3.8, 4) is 34.5 Å². The monoisotopic (exact) mass is 571 g/mol. The Morgan fingerprint density at radius 2 is 1.34 bits per heavy atom. The van der Waals surface area contributed by atoms with E-state index in [1.165, 1.54) is 65.7 Å². The number of benzene rings is 2. The van der Waals surface area contributed by atoms with Crippen LogP contribution >= 0.6 is 0 Å². The molecule has 1 unspecified atom stereocenters. The van der Waals surface area contributed by atoms with E-state index < -0.39 is 12.1 Å². The standard InChI is InChI=1S/C29H37N3O9/c1-35-22-12-18(13-23(36-2)26(22)39-5)29(34)41-19(16-31-10-8-7-9-11-31)17-32-28(33)20-14-24(37-3)27(40-6)25(38-4)21(20)15-30-32/h12-15,19H,7-11,16-17H2,1-6H3. The first-order chi connectivity index (χ1) is 19.9. The zero-order valence-electron chi connectivity index (χ0n) is 24.4. The van der Waals surface area contributed by atoms with Crippen molar-refractivity contribution >= 4 is 16.7 Å². The highest BCUT2D eigenvalue weighted by Gasteiger charge is 2.26. The highest BCUT2D eigenvalue weighted by Crippen LogP contribution is 2.42. The number of likely N-dealkylation sites (tertiary alicyclic amines) is 1. The number of piperidine rings is 1.